The Bertz CT molecular complexity index is 594. The summed E-state index contributed by atoms with van der Waals surface area (Å²) < 4.78 is 11.1. The Morgan fingerprint density at radius 2 is 1.26 bits per heavy atom. The first-order valence-corrected chi connectivity index (χ1v) is 8.25. The molecule has 0 aliphatic heterocycles. The molecule has 3 rings (SSSR count). The number of rotatable bonds is 4. The maximum absolute atomic E-state index is 5.57. The van der Waals surface area contributed by atoms with Crippen LogP contribution >= 0.6 is 34.0 Å². The van der Waals surface area contributed by atoms with Gasteiger partial charge in [0.05, 0.1) is 24.0 Å². The molecule has 0 bridgehead atoms. The van der Waals surface area contributed by atoms with Gasteiger partial charge in [0.25, 0.3) is 0 Å². The minimum Gasteiger partial charge on any atom is -0.491 e. The SMILES string of the molecule is COc1c(-c2cccs2)sc(-c2cccs2)c1OC. The molecule has 0 N–H and O–H groups in total. The minimum atomic E-state index is 0.832. The van der Waals surface area contributed by atoms with Gasteiger partial charge in [0.2, 0.25) is 0 Å². The molecule has 0 atom stereocenters. The molecule has 0 aliphatic carbocycles. The average Bonchev–Trinajstić information content (AvgIpc) is 3.16. The number of thiophene rings is 3. The van der Waals surface area contributed by atoms with Crippen LogP contribution in [-0.2, 0) is 0 Å². The van der Waals surface area contributed by atoms with Crippen molar-refractivity contribution >= 4 is 34.0 Å². The Labute approximate surface area is 123 Å². The van der Waals surface area contributed by atoms with E-state index in [9.17, 15) is 0 Å². The third kappa shape index (κ3) is 2.18. The second-order valence-electron chi connectivity index (χ2n) is 3.78. The molecule has 3 aromatic heterocycles. The van der Waals surface area contributed by atoms with Crippen molar-refractivity contribution in [1.29, 1.82) is 0 Å². The maximum Gasteiger partial charge on any atom is 0.180 e. The zero-order valence-corrected chi connectivity index (χ0v) is 13.0. The van der Waals surface area contributed by atoms with Gasteiger partial charge in [-0.2, -0.15) is 0 Å². The first kappa shape index (κ1) is 12.7. The molecule has 0 amide bonds. The summed E-state index contributed by atoms with van der Waals surface area (Å²) in [5.74, 6) is 1.66. The van der Waals surface area contributed by atoms with Gasteiger partial charge < -0.3 is 9.47 Å². The van der Waals surface area contributed by atoms with Gasteiger partial charge >= 0.3 is 0 Å². The highest BCUT2D eigenvalue weighted by Gasteiger charge is 2.23. The average molecular weight is 308 g/mol. The summed E-state index contributed by atoms with van der Waals surface area (Å²) in [6.45, 7) is 0. The van der Waals surface area contributed by atoms with Gasteiger partial charge in [0.1, 0.15) is 0 Å². The Hall–Kier alpha value is -1.30. The fourth-order valence-corrected chi connectivity index (χ4v) is 4.85. The Morgan fingerprint density at radius 1 is 0.789 bits per heavy atom. The summed E-state index contributed by atoms with van der Waals surface area (Å²) in [7, 11) is 3.39. The van der Waals surface area contributed by atoms with Crippen molar-refractivity contribution in [1.82, 2.24) is 0 Å². The molecule has 5 heteroatoms. The largest absolute Gasteiger partial charge is 0.491 e. The van der Waals surface area contributed by atoms with Crippen LogP contribution < -0.4 is 9.47 Å². The lowest BCUT2D eigenvalue weighted by Gasteiger charge is -2.04. The molecule has 0 radical (unpaired) electrons. The second kappa shape index (κ2) is 5.36. The predicted molar refractivity (Wildman–Crippen MR) is 84.0 cm³/mol. The molecule has 0 spiro atoms. The highest BCUT2D eigenvalue weighted by molar-refractivity contribution is 7.26. The summed E-state index contributed by atoms with van der Waals surface area (Å²) in [5.41, 5.74) is 0. The Morgan fingerprint density at radius 3 is 1.58 bits per heavy atom. The van der Waals surface area contributed by atoms with Crippen LogP contribution in [0.25, 0.3) is 19.5 Å². The van der Waals surface area contributed by atoms with E-state index in [1.54, 1.807) is 48.2 Å². The van der Waals surface area contributed by atoms with Gasteiger partial charge in [-0.25, -0.2) is 0 Å². The summed E-state index contributed by atoms with van der Waals surface area (Å²) in [4.78, 5) is 4.70. The molecule has 0 saturated heterocycles. The van der Waals surface area contributed by atoms with E-state index < -0.39 is 0 Å². The number of methoxy groups -OCH3 is 2. The molecule has 3 aromatic rings. The van der Waals surface area contributed by atoms with Crippen molar-refractivity contribution in [2.45, 2.75) is 0 Å². The van der Waals surface area contributed by atoms with Crippen LogP contribution in [0.1, 0.15) is 0 Å². The first-order valence-electron chi connectivity index (χ1n) is 5.67. The summed E-state index contributed by atoms with van der Waals surface area (Å²) in [6, 6.07) is 8.32. The number of hydrogen-bond acceptors (Lipinski definition) is 5. The molecule has 98 valence electrons. The van der Waals surface area contributed by atoms with Crippen molar-refractivity contribution < 1.29 is 9.47 Å². The third-order valence-corrected chi connectivity index (χ3v) is 5.97. The highest BCUT2D eigenvalue weighted by Crippen LogP contribution is 2.53. The lowest BCUT2D eigenvalue weighted by atomic mass is 10.3. The van der Waals surface area contributed by atoms with E-state index in [-0.39, 0.29) is 0 Å². The van der Waals surface area contributed by atoms with E-state index in [1.807, 2.05) is 0 Å². The third-order valence-electron chi connectivity index (χ3n) is 2.72. The number of hydrogen-bond donors (Lipinski definition) is 0. The van der Waals surface area contributed by atoms with Crippen molar-refractivity contribution in [3.05, 3.63) is 35.0 Å². The Balaban J connectivity index is 2.21. The van der Waals surface area contributed by atoms with Gasteiger partial charge in [-0.3, -0.25) is 0 Å². The van der Waals surface area contributed by atoms with Gasteiger partial charge in [0, 0.05) is 9.75 Å². The maximum atomic E-state index is 5.57. The molecule has 0 unspecified atom stereocenters. The molecule has 0 aliphatic rings. The fraction of sp³-hybridized carbons (Fsp3) is 0.143. The molecule has 0 fully saturated rings. The molecule has 2 nitrogen and oxygen atoms in total. The summed E-state index contributed by atoms with van der Waals surface area (Å²) in [5, 5.41) is 4.15. The lowest BCUT2D eigenvalue weighted by Crippen LogP contribution is -1.88. The van der Waals surface area contributed by atoms with Gasteiger partial charge in [-0.1, -0.05) is 12.1 Å². The molecule has 19 heavy (non-hydrogen) atoms. The van der Waals surface area contributed by atoms with Crippen molar-refractivity contribution in [3.8, 4) is 31.0 Å². The quantitative estimate of drug-likeness (QED) is 0.657. The van der Waals surface area contributed by atoms with Crippen molar-refractivity contribution in [2.75, 3.05) is 14.2 Å². The van der Waals surface area contributed by atoms with E-state index in [1.165, 1.54) is 9.75 Å². The Kier molecular flexibility index (Phi) is 3.59. The topological polar surface area (TPSA) is 18.5 Å². The molecular formula is C14H12O2S3. The predicted octanol–water partition coefficient (Wildman–Crippen LogP) is 5.22. The molecular weight excluding hydrogens is 296 g/mol. The van der Waals surface area contributed by atoms with Crippen LogP contribution in [0.15, 0.2) is 35.0 Å². The second-order valence-corrected chi connectivity index (χ2v) is 6.70. The van der Waals surface area contributed by atoms with Crippen LogP contribution in [0.5, 0.6) is 11.5 Å². The standard InChI is InChI=1S/C14H12O2S3/c1-15-11-12(16-2)14(10-6-4-8-18-10)19-13(11)9-5-3-7-17-9/h3-8H,1-2H3. The van der Waals surface area contributed by atoms with Crippen LogP contribution in [0, 0.1) is 0 Å². The van der Waals surface area contributed by atoms with Crippen LogP contribution in [0.3, 0.4) is 0 Å². The normalized spacial score (nSPS) is 10.6. The number of ether oxygens (including phenoxy) is 2. The summed E-state index contributed by atoms with van der Waals surface area (Å²) in [6.07, 6.45) is 0. The summed E-state index contributed by atoms with van der Waals surface area (Å²) >= 11 is 5.15. The lowest BCUT2D eigenvalue weighted by molar-refractivity contribution is 0.360. The minimum absolute atomic E-state index is 0.832. The van der Waals surface area contributed by atoms with E-state index in [0.717, 1.165) is 21.3 Å². The molecule has 3 heterocycles. The van der Waals surface area contributed by atoms with E-state index >= 15 is 0 Å². The van der Waals surface area contributed by atoms with E-state index in [2.05, 4.69) is 35.0 Å². The monoisotopic (exact) mass is 308 g/mol. The zero-order valence-electron chi connectivity index (χ0n) is 10.5. The first-order chi connectivity index (χ1) is 9.35. The molecule has 0 saturated carbocycles. The zero-order chi connectivity index (χ0) is 13.2. The molecule has 0 aromatic carbocycles. The van der Waals surface area contributed by atoms with Gasteiger partial charge in [-0.05, 0) is 22.9 Å². The van der Waals surface area contributed by atoms with Crippen LogP contribution in [0.4, 0.5) is 0 Å². The fourth-order valence-electron chi connectivity index (χ4n) is 1.91. The van der Waals surface area contributed by atoms with Crippen LogP contribution in [-0.4, -0.2) is 14.2 Å². The van der Waals surface area contributed by atoms with E-state index in [0.29, 0.717) is 0 Å². The van der Waals surface area contributed by atoms with Crippen LogP contribution in [0.2, 0.25) is 0 Å². The van der Waals surface area contributed by atoms with Crippen molar-refractivity contribution in [2.24, 2.45) is 0 Å². The van der Waals surface area contributed by atoms with Gasteiger partial charge in [0.15, 0.2) is 11.5 Å². The van der Waals surface area contributed by atoms with Gasteiger partial charge in [-0.15, -0.1) is 34.0 Å². The highest BCUT2D eigenvalue weighted by atomic mass is 32.1. The van der Waals surface area contributed by atoms with E-state index in [4.69, 9.17) is 9.47 Å². The van der Waals surface area contributed by atoms with Crippen molar-refractivity contribution in [3.63, 3.8) is 0 Å². The smallest absolute Gasteiger partial charge is 0.180 e.